The van der Waals surface area contributed by atoms with Crippen LogP contribution in [0.2, 0.25) is 0 Å². The highest BCUT2D eigenvalue weighted by Crippen LogP contribution is 2.38. The maximum absolute atomic E-state index is 13.0. The van der Waals surface area contributed by atoms with Gasteiger partial charge in [-0.15, -0.1) is 0 Å². The van der Waals surface area contributed by atoms with E-state index in [1.165, 1.54) is 0 Å². The van der Waals surface area contributed by atoms with E-state index in [4.69, 9.17) is 0 Å². The van der Waals surface area contributed by atoms with E-state index < -0.39 is 11.6 Å². The lowest BCUT2D eigenvalue weighted by atomic mass is 9.73. The molecule has 0 bridgehead atoms. The first-order valence-corrected chi connectivity index (χ1v) is 9.79. The van der Waals surface area contributed by atoms with Crippen LogP contribution in [-0.2, 0) is 9.59 Å². The van der Waals surface area contributed by atoms with Crippen molar-refractivity contribution in [3.05, 3.63) is 29.3 Å². The highest BCUT2D eigenvalue weighted by Gasteiger charge is 2.55. The van der Waals surface area contributed by atoms with E-state index in [2.05, 4.69) is 24.5 Å². The summed E-state index contributed by atoms with van der Waals surface area (Å²) in [4.78, 5) is 39.2. The Bertz CT molecular complexity index is 774. The number of urea groups is 1. The first kappa shape index (κ1) is 19.4. The minimum atomic E-state index is -0.832. The van der Waals surface area contributed by atoms with E-state index in [0.717, 1.165) is 41.0 Å². The zero-order valence-electron chi connectivity index (χ0n) is 16.6. The van der Waals surface area contributed by atoms with Crippen LogP contribution < -0.4 is 10.6 Å². The third kappa shape index (κ3) is 3.45. The summed E-state index contributed by atoms with van der Waals surface area (Å²) in [6.45, 7) is 7.81. The normalized spacial score (nSPS) is 25.2. The lowest BCUT2D eigenvalue weighted by molar-refractivity contribution is -0.136. The van der Waals surface area contributed by atoms with Crippen LogP contribution in [0.25, 0.3) is 0 Å². The van der Waals surface area contributed by atoms with Crippen molar-refractivity contribution < 1.29 is 14.4 Å². The number of rotatable bonds is 4. The molecule has 2 atom stereocenters. The van der Waals surface area contributed by atoms with Crippen LogP contribution in [0.4, 0.5) is 10.5 Å². The Labute approximate surface area is 160 Å². The molecule has 1 spiro atoms. The average molecular weight is 371 g/mol. The fourth-order valence-electron chi connectivity index (χ4n) is 4.30. The Morgan fingerprint density at radius 3 is 2.74 bits per heavy atom. The molecule has 1 saturated carbocycles. The molecule has 4 amide bonds. The standard InChI is InChI=1S/C21H29N3O3/c1-13(2)16-10-7-8-14(3)18(16)22-17(25)12-24-19(26)21(23-20(24)27)11-6-5-9-15(21)4/h7-8,10,13,15H,5-6,9,11-12H2,1-4H3,(H,22,25)(H,23,27)/t15-,21-/m0/s1. The summed E-state index contributed by atoms with van der Waals surface area (Å²) in [5.74, 6) is -0.276. The third-order valence-electron chi connectivity index (χ3n) is 5.99. The molecule has 1 aliphatic heterocycles. The highest BCUT2D eigenvalue weighted by molar-refractivity contribution is 6.10. The predicted octanol–water partition coefficient (Wildman–Crippen LogP) is 3.56. The van der Waals surface area contributed by atoms with Gasteiger partial charge in [0.1, 0.15) is 12.1 Å². The van der Waals surface area contributed by atoms with Crippen LogP contribution in [0.15, 0.2) is 18.2 Å². The second-order valence-corrected chi connectivity index (χ2v) is 8.18. The molecule has 0 aromatic heterocycles. The van der Waals surface area contributed by atoms with E-state index in [1.54, 1.807) is 0 Å². The number of anilines is 1. The Balaban J connectivity index is 1.76. The molecule has 2 fully saturated rings. The van der Waals surface area contributed by atoms with Crippen LogP contribution in [0, 0.1) is 12.8 Å². The molecule has 1 heterocycles. The summed E-state index contributed by atoms with van der Waals surface area (Å²) < 4.78 is 0. The number of para-hydroxylation sites is 1. The molecule has 27 heavy (non-hydrogen) atoms. The number of hydrogen-bond donors (Lipinski definition) is 2. The summed E-state index contributed by atoms with van der Waals surface area (Å²) in [7, 11) is 0. The maximum Gasteiger partial charge on any atom is 0.325 e. The summed E-state index contributed by atoms with van der Waals surface area (Å²) in [5, 5.41) is 5.80. The molecule has 1 aromatic carbocycles. The van der Waals surface area contributed by atoms with Crippen molar-refractivity contribution in [2.75, 3.05) is 11.9 Å². The quantitative estimate of drug-likeness (QED) is 0.795. The Kier molecular flexibility index (Phi) is 5.27. The number of aryl methyl sites for hydroxylation is 1. The molecule has 3 rings (SSSR count). The largest absolute Gasteiger partial charge is 0.325 e. The smallest absolute Gasteiger partial charge is 0.324 e. The number of carbonyl (C=O) groups excluding carboxylic acids is 3. The third-order valence-corrected chi connectivity index (χ3v) is 5.99. The number of nitrogens with zero attached hydrogens (tertiary/aromatic N) is 1. The molecule has 2 aliphatic rings. The van der Waals surface area contributed by atoms with Crippen LogP contribution in [-0.4, -0.2) is 34.8 Å². The second kappa shape index (κ2) is 7.33. The summed E-state index contributed by atoms with van der Waals surface area (Å²) >= 11 is 0. The molecular weight excluding hydrogens is 342 g/mol. The van der Waals surface area contributed by atoms with Crippen LogP contribution >= 0.6 is 0 Å². The van der Waals surface area contributed by atoms with E-state index in [9.17, 15) is 14.4 Å². The van der Waals surface area contributed by atoms with Crippen molar-refractivity contribution in [3.63, 3.8) is 0 Å². The van der Waals surface area contributed by atoms with Gasteiger partial charge in [0.25, 0.3) is 5.91 Å². The molecule has 1 aromatic rings. The second-order valence-electron chi connectivity index (χ2n) is 8.18. The molecule has 1 aliphatic carbocycles. The van der Waals surface area contributed by atoms with Crippen molar-refractivity contribution in [1.29, 1.82) is 0 Å². The van der Waals surface area contributed by atoms with Gasteiger partial charge in [0.2, 0.25) is 5.91 Å². The first-order valence-electron chi connectivity index (χ1n) is 9.79. The van der Waals surface area contributed by atoms with Crippen LogP contribution in [0.3, 0.4) is 0 Å². The molecule has 6 heteroatoms. The maximum atomic E-state index is 13.0. The number of hydrogen-bond acceptors (Lipinski definition) is 3. The van der Waals surface area contributed by atoms with E-state index >= 15 is 0 Å². The summed E-state index contributed by atoms with van der Waals surface area (Å²) in [6.07, 6.45) is 3.54. The van der Waals surface area contributed by atoms with Crippen LogP contribution in [0.1, 0.15) is 63.5 Å². The molecule has 2 N–H and O–H groups in total. The van der Waals surface area contributed by atoms with Gasteiger partial charge in [-0.25, -0.2) is 4.79 Å². The van der Waals surface area contributed by atoms with Gasteiger partial charge in [0.15, 0.2) is 0 Å². The van der Waals surface area contributed by atoms with Gasteiger partial charge in [-0.1, -0.05) is 51.8 Å². The Morgan fingerprint density at radius 2 is 2.07 bits per heavy atom. The fourth-order valence-corrected chi connectivity index (χ4v) is 4.30. The Morgan fingerprint density at radius 1 is 1.33 bits per heavy atom. The summed E-state index contributed by atoms with van der Waals surface area (Å²) in [6, 6.07) is 5.43. The molecule has 0 unspecified atom stereocenters. The minimum absolute atomic E-state index is 0.0830. The average Bonchev–Trinajstić information content (AvgIpc) is 2.84. The lowest BCUT2D eigenvalue weighted by Crippen LogP contribution is -2.54. The predicted molar refractivity (Wildman–Crippen MR) is 105 cm³/mol. The summed E-state index contributed by atoms with van der Waals surface area (Å²) in [5.41, 5.74) is 1.94. The monoisotopic (exact) mass is 371 g/mol. The van der Waals surface area contributed by atoms with Gasteiger partial charge in [0, 0.05) is 5.69 Å². The zero-order chi connectivity index (χ0) is 19.8. The zero-order valence-corrected chi connectivity index (χ0v) is 16.6. The lowest BCUT2D eigenvalue weighted by Gasteiger charge is -2.36. The number of carbonyl (C=O) groups is 3. The van der Waals surface area contributed by atoms with Gasteiger partial charge in [0.05, 0.1) is 0 Å². The number of imide groups is 1. The van der Waals surface area contributed by atoms with Gasteiger partial charge < -0.3 is 10.6 Å². The molecule has 0 radical (unpaired) electrons. The number of amides is 4. The molecule has 1 saturated heterocycles. The SMILES string of the molecule is Cc1cccc(C(C)C)c1NC(=O)CN1C(=O)N[C@]2(CCCC[C@@H]2C)C1=O. The van der Waals surface area contributed by atoms with Gasteiger partial charge in [-0.2, -0.15) is 0 Å². The number of nitrogens with one attached hydrogen (secondary N) is 2. The van der Waals surface area contributed by atoms with Crippen molar-refractivity contribution in [2.24, 2.45) is 5.92 Å². The molecule has 6 nitrogen and oxygen atoms in total. The van der Waals surface area contributed by atoms with E-state index in [1.807, 2.05) is 32.0 Å². The topological polar surface area (TPSA) is 78.5 Å². The fraction of sp³-hybridized carbons (Fsp3) is 0.571. The van der Waals surface area contributed by atoms with Crippen molar-refractivity contribution in [3.8, 4) is 0 Å². The first-order chi connectivity index (χ1) is 12.8. The van der Waals surface area contributed by atoms with Gasteiger partial charge in [-0.05, 0) is 42.7 Å². The van der Waals surface area contributed by atoms with Crippen molar-refractivity contribution in [2.45, 2.75) is 64.8 Å². The number of benzene rings is 1. The highest BCUT2D eigenvalue weighted by atomic mass is 16.2. The minimum Gasteiger partial charge on any atom is -0.324 e. The van der Waals surface area contributed by atoms with Crippen molar-refractivity contribution in [1.82, 2.24) is 10.2 Å². The van der Waals surface area contributed by atoms with Crippen LogP contribution in [0.5, 0.6) is 0 Å². The van der Waals surface area contributed by atoms with E-state index in [-0.39, 0.29) is 30.2 Å². The van der Waals surface area contributed by atoms with Crippen molar-refractivity contribution >= 4 is 23.5 Å². The molecule has 146 valence electrons. The van der Waals surface area contributed by atoms with E-state index in [0.29, 0.717) is 6.42 Å². The Hall–Kier alpha value is -2.37. The molecular formula is C21H29N3O3. The van der Waals surface area contributed by atoms with Gasteiger partial charge in [-0.3, -0.25) is 14.5 Å². The van der Waals surface area contributed by atoms with Gasteiger partial charge >= 0.3 is 6.03 Å².